The standard InChI is InChI=1S/C21H31BrO4/c1-12(23)26-13-6-9-20(3)16-7-8-19(2)15(4-5-17(19)24)14(16)10-18(25)21(20,22)11-13/h13-16,18,25H,4-11H2,1-3H3/t13-,14-,15-,16-,18+,19-,20+,21-/m0/s1. The number of carbonyl (C=O) groups is 2. The van der Waals surface area contributed by atoms with Crippen LogP contribution in [0.5, 0.6) is 0 Å². The van der Waals surface area contributed by atoms with Crippen LogP contribution in [-0.4, -0.2) is 33.4 Å². The highest BCUT2D eigenvalue weighted by Crippen LogP contribution is 2.68. The zero-order chi connectivity index (χ0) is 18.9. The maximum atomic E-state index is 12.5. The molecule has 0 unspecified atom stereocenters. The lowest BCUT2D eigenvalue weighted by atomic mass is 9.44. The van der Waals surface area contributed by atoms with E-state index in [1.165, 1.54) is 6.92 Å². The van der Waals surface area contributed by atoms with E-state index >= 15 is 0 Å². The largest absolute Gasteiger partial charge is 0.463 e. The lowest BCUT2D eigenvalue weighted by molar-refractivity contribution is -0.168. The molecule has 0 bridgehead atoms. The second kappa shape index (κ2) is 6.04. The first-order chi connectivity index (χ1) is 12.1. The summed E-state index contributed by atoms with van der Waals surface area (Å²) in [6.07, 6.45) is 6.42. The molecule has 0 radical (unpaired) electrons. The summed E-state index contributed by atoms with van der Waals surface area (Å²) in [5.41, 5.74) is -0.197. The molecule has 4 aliphatic carbocycles. The molecule has 0 spiro atoms. The van der Waals surface area contributed by atoms with Crippen molar-refractivity contribution < 1.29 is 19.4 Å². The summed E-state index contributed by atoms with van der Waals surface area (Å²) in [4.78, 5) is 24.0. The number of ether oxygens (including phenoxy) is 1. The van der Waals surface area contributed by atoms with Crippen LogP contribution in [0.4, 0.5) is 0 Å². The molecular weight excluding hydrogens is 396 g/mol. The minimum Gasteiger partial charge on any atom is -0.463 e. The molecule has 0 amide bonds. The van der Waals surface area contributed by atoms with E-state index < -0.39 is 10.4 Å². The molecule has 0 aliphatic heterocycles. The number of fused-ring (bicyclic) bond motifs is 5. The number of esters is 1. The number of hydrogen-bond acceptors (Lipinski definition) is 4. The van der Waals surface area contributed by atoms with Crippen LogP contribution in [0.3, 0.4) is 0 Å². The lowest BCUT2D eigenvalue weighted by Gasteiger charge is -2.65. The predicted molar refractivity (Wildman–Crippen MR) is 102 cm³/mol. The van der Waals surface area contributed by atoms with Gasteiger partial charge in [-0.15, -0.1) is 0 Å². The molecule has 0 aromatic heterocycles. The minimum atomic E-state index is -0.467. The summed E-state index contributed by atoms with van der Waals surface area (Å²) in [5.74, 6) is 1.57. The fraction of sp³-hybridized carbons (Fsp3) is 0.905. The number of Topliss-reactive ketones (excluding diaryl/α,β-unsaturated/α-hetero) is 1. The number of rotatable bonds is 1. The molecule has 26 heavy (non-hydrogen) atoms. The van der Waals surface area contributed by atoms with E-state index in [4.69, 9.17) is 4.74 Å². The smallest absolute Gasteiger partial charge is 0.302 e. The monoisotopic (exact) mass is 426 g/mol. The molecule has 0 aromatic carbocycles. The molecule has 146 valence electrons. The van der Waals surface area contributed by atoms with Gasteiger partial charge in [0.25, 0.3) is 0 Å². The number of hydrogen-bond donors (Lipinski definition) is 1. The van der Waals surface area contributed by atoms with Gasteiger partial charge in [-0.3, -0.25) is 9.59 Å². The molecule has 4 rings (SSSR count). The molecular formula is C21H31BrO4. The van der Waals surface area contributed by atoms with Gasteiger partial charge in [0.05, 0.1) is 10.4 Å². The zero-order valence-corrected chi connectivity index (χ0v) is 17.7. The fourth-order valence-corrected chi connectivity index (χ4v) is 8.34. The van der Waals surface area contributed by atoms with Crippen molar-refractivity contribution in [3.63, 3.8) is 0 Å². The topological polar surface area (TPSA) is 63.6 Å². The Labute approximate surface area is 164 Å². The van der Waals surface area contributed by atoms with E-state index in [-0.39, 0.29) is 22.9 Å². The van der Waals surface area contributed by atoms with Crippen LogP contribution in [0.2, 0.25) is 0 Å². The summed E-state index contributed by atoms with van der Waals surface area (Å²) in [6.45, 7) is 5.96. The summed E-state index contributed by atoms with van der Waals surface area (Å²) >= 11 is 3.98. The second-order valence-electron chi connectivity index (χ2n) is 9.80. The van der Waals surface area contributed by atoms with E-state index in [0.29, 0.717) is 36.4 Å². The Morgan fingerprint density at radius 1 is 1.19 bits per heavy atom. The Kier molecular flexibility index (Phi) is 4.39. The molecule has 0 aromatic rings. The van der Waals surface area contributed by atoms with Crippen molar-refractivity contribution in [1.82, 2.24) is 0 Å². The normalized spacial score (nSPS) is 53.4. The van der Waals surface area contributed by atoms with Gasteiger partial charge in [0.1, 0.15) is 11.9 Å². The summed E-state index contributed by atoms with van der Waals surface area (Å²) in [6, 6.07) is 0. The van der Waals surface area contributed by atoms with Gasteiger partial charge in [0.2, 0.25) is 0 Å². The summed E-state index contributed by atoms with van der Waals surface area (Å²) in [5, 5.41) is 11.2. The third-order valence-corrected chi connectivity index (χ3v) is 10.5. The molecule has 1 N–H and O–H groups in total. The average molecular weight is 427 g/mol. The molecule has 4 fully saturated rings. The first-order valence-electron chi connectivity index (χ1n) is 10.2. The van der Waals surface area contributed by atoms with Crippen LogP contribution in [0, 0.1) is 28.6 Å². The average Bonchev–Trinajstić information content (AvgIpc) is 2.86. The number of alkyl halides is 1. The number of carbonyl (C=O) groups excluding carboxylic acids is 2. The van der Waals surface area contributed by atoms with Crippen molar-refractivity contribution >= 4 is 27.7 Å². The molecule has 5 heteroatoms. The zero-order valence-electron chi connectivity index (χ0n) is 16.1. The Bertz CT molecular complexity index is 636. The highest BCUT2D eigenvalue weighted by Gasteiger charge is 2.67. The van der Waals surface area contributed by atoms with E-state index in [0.717, 1.165) is 38.5 Å². The van der Waals surface area contributed by atoms with Crippen molar-refractivity contribution in [1.29, 1.82) is 0 Å². The molecule has 4 aliphatic rings. The highest BCUT2D eigenvalue weighted by atomic mass is 79.9. The van der Waals surface area contributed by atoms with Crippen molar-refractivity contribution in [2.75, 3.05) is 0 Å². The minimum absolute atomic E-state index is 0.0288. The van der Waals surface area contributed by atoms with Gasteiger partial charge in [-0.2, -0.15) is 0 Å². The first-order valence-corrected chi connectivity index (χ1v) is 11.0. The van der Waals surface area contributed by atoms with E-state index in [9.17, 15) is 14.7 Å². The first kappa shape index (κ1) is 18.9. The summed E-state index contributed by atoms with van der Waals surface area (Å²) < 4.78 is 5.10. The van der Waals surface area contributed by atoms with Gasteiger partial charge >= 0.3 is 5.97 Å². The second-order valence-corrected chi connectivity index (χ2v) is 11.2. The van der Waals surface area contributed by atoms with Crippen LogP contribution >= 0.6 is 15.9 Å². The Hall–Kier alpha value is -0.420. The van der Waals surface area contributed by atoms with Crippen molar-refractivity contribution in [2.24, 2.45) is 28.6 Å². The van der Waals surface area contributed by atoms with Gasteiger partial charge in [-0.25, -0.2) is 0 Å². The van der Waals surface area contributed by atoms with Crippen molar-refractivity contribution in [3.05, 3.63) is 0 Å². The van der Waals surface area contributed by atoms with Crippen molar-refractivity contribution in [3.8, 4) is 0 Å². The predicted octanol–water partition coefficient (Wildman–Crippen LogP) is 4.02. The van der Waals surface area contributed by atoms with Gasteiger partial charge in [-0.05, 0) is 61.7 Å². The van der Waals surface area contributed by atoms with Gasteiger partial charge in [0.15, 0.2) is 0 Å². The molecule has 4 saturated carbocycles. The van der Waals surface area contributed by atoms with Gasteiger partial charge in [0, 0.05) is 25.2 Å². The SMILES string of the molecule is CC(=O)O[C@H]1CC[C@]2(C)[C@H]3CC[C@]4(C)C(=O)CC[C@H]4[C@@H]3C[C@@H](O)[C@@]2(Br)C1. The number of ketones is 1. The third-order valence-electron chi connectivity index (χ3n) is 8.78. The maximum Gasteiger partial charge on any atom is 0.302 e. The van der Waals surface area contributed by atoms with E-state index in [1.807, 2.05) is 0 Å². The fourth-order valence-electron chi connectivity index (χ4n) is 7.30. The van der Waals surface area contributed by atoms with Crippen LogP contribution < -0.4 is 0 Å². The van der Waals surface area contributed by atoms with Gasteiger partial charge in [-0.1, -0.05) is 29.8 Å². The van der Waals surface area contributed by atoms with Gasteiger partial charge < -0.3 is 9.84 Å². The van der Waals surface area contributed by atoms with E-state index in [2.05, 4.69) is 29.8 Å². The Morgan fingerprint density at radius 2 is 1.92 bits per heavy atom. The van der Waals surface area contributed by atoms with Crippen LogP contribution in [0.25, 0.3) is 0 Å². The Balaban J connectivity index is 1.65. The number of aliphatic hydroxyl groups excluding tert-OH is 1. The lowest BCUT2D eigenvalue weighted by Crippen LogP contribution is -2.66. The molecule has 8 atom stereocenters. The molecule has 0 heterocycles. The quantitative estimate of drug-likeness (QED) is 0.507. The molecule has 4 nitrogen and oxygen atoms in total. The maximum absolute atomic E-state index is 12.5. The van der Waals surface area contributed by atoms with Crippen LogP contribution in [0.1, 0.15) is 72.1 Å². The van der Waals surface area contributed by atoms with E-state index in [1.54, 1.807) is 0 Å². The van der Waals surface area contributed by atoms with Crippen LogP contribution in [-0.2, 0) is 14.3 Å². The number of halogens is 1. The number of aliphatic hydroxyl groups is 1. The Morgan fingerprint density at radius 3 is 2.62 bits per heavy atom. The summed E-state index contributed by atoms with van der Waals surface area (Å²) in [7, 11) is 0. The van der Waals surface area contributed by atoms with Crippen molar-refractivity contribution in [2.45, 2.75) is 88.7 Å². The third kappa shape index (κ3) is 2.41. The van der Waals surface area contributed by atoms with Crippen LogP contribution in [0.15, 0.2) is 0 Å². The highest BCUT2D eigenvalue weighted by molar-refractivity contribution is 9.10. The molecule has 0 saturated heterocycles.